The van der Waals surface area contributed by atoms with Crippen LogP contribution in [-0.4, -0.2) is 18.9 Å². The molecule has 0 spiro atoms. The molecule has 0 atom stereocenters. The molecule has 0 bridgehead atoms. The Bertz CT molecular complexity index is 350. The first-order valence-corrected chi connectivity index (χ1v) is 3.57. The van der Waals surface area contributed by atoms with Crippen molar-refractivity contribution in [1.82, 2.24) is 4.98 Å². The average Bonchev–Trinajstić information content (AvgIpc) is 2.24. The third-order valence-electron chi connectivity index (χ3n) is 0.612. The van der Waals surface area contributed by atoms with Crippen molar-refractivity contribution in [3.63, 3.8) is 0 Å². The summed E-state index contributed by atoms with van der Waals surface area (Å²) in [6, 6.07) is 0. The minimum atomic E-state index is -2.82. The quantitative estimate of drug-likeness (QED) is 0.710. The first-order chi connectivity index (χ1) is 7.03. The number of nitrogens with zero attached hydrogens (tertiary/aromatic N) is 2. The van der Waals surface area contributed by atoms with Gasteiger partial charge in [-0.3, -0.25) is 0 Å². The van der Waals surface area contributed by atoms with Gasteiger partial charge in [0.05, 0.1) is 11.3 Å². The van der Waals surface area contributed by atoms with Gasteiger partial charge < -0.3 is 4.90 Å². The SMILES string of the molecule is [2H]c1nc(N(C([2H])([2H])[2H])C([2H])([2H])[2H])sc1Br. The molecule has 0 unspecified atom stereocenters. The molecule has 1 rings (SSSR count). The van der Waals surface area contributed by atoms with Gasteiger partial charge in [-0.15, -0.1) is 0 Å². The number of hydrogen-bond donors (Lipinski definition) is 0. The van der Waals surface area contributed by atoms with Crippen LogP contribution in [0.3, 0.4) is 0 Å². The number of halogens is 1. The van der Waals surface area contributed by atoms with Crippen LogP contribution in [0.4, 0.5) is 5.13 Å². The summed E-state index contributed by atoms with van der Waals surface area (Å²) in [5.41, 5.74) is 0. The largest absolute Gasteiger partial charge is 0.354 e. The van der Waals surface area contributed by atoms with Crippen molar-refractivity contribution in [3.8, 4) is 0 Å². The molecular formula is C5H7BrN2S. The number of aromatic nitrogens is 1. The summed E-state index contributed by atoms with van der Waals surface area (Å²) >= 11 is 3.79. The zero-order valence-electron chi connectivity index (χ0n) is 11.2. The van der Waals surface area contributed by atoms with E-state index in [4.69, 9.17) is 9.60 Å². The molecule has 1 aromatic rings. The molecule has 1 heterocycles. The van der Waals surface area contributed by atoms with Crippen LogP contribution in [0.5, 0.6) is 0 Å². The molecule has 0 aliphatic carbocycles. The molecule has 2 nitrogen and oxygen atoms in total. The Labute approximate surface area is 76.5 Å². The highest BCUT2D eigenvalue weighted by molar-refractivity contribution is 9.11. The highest BCUT2D eigenvalue weighted by Gasteiger charge is 1.98. The lowest BCUT2D eigenvalue weighted by atomic mass is 10.9. The van der Waals surface area contributed by atoms with Crippen molar-refractivity contribution in [1.29, 1.82) is 0 Å². The maximum atomic E-state index is 7.30. The van der Waals surface area contributed by atoms with Crippen LogP contribution in [0.2, 0.25) is 0 Å². The Kier molecular flexibility index (Phi) is 0.652. The summed E-state index contributed by atoms with van der Waals surface area (Å²) in [6.45, 7) is -5.65. The van der Waals surface area contributed by atoms with Crippen molar-refractivity contribution < 1.29 is 9.60 Å². The van der Waals surface area contributed by atoms with Crippen molar-refractivity contribution in [2.24, 2.45) is 0 Å². The second kappa shape index (κ2) is 2.66. The molecule has 0 saturated heterocycles. The van der Waals surface area contributed by atoms with E-state index in [9.17, 15) is 0 Å². The highest BCUT2D eigenvalue weighted by Crippen LogP contribution is 2.24. The van der Waals surface area contributed by atoms with Crippen molar-refractivity contribution in [2.75, 3.05) is 18.9 Å². The van der Waals surface area contributed by atoms with Crippen LogP contribution in [0.25, 0.3) is 0 Å². The maximum absolute atomic E-state index is 7.30. The summed E-state index contributed by atoms with van der Waals surface area (Å²) in [6.07, 6.45) is -0.182. The zero-order valence-corrected chi connectivity index (χ0v) is 6.58. The number of thiazole rings is 1. The molecule has 1 aromatic heterocycles. The van der Waals surface area contributed by atoms with Gasteiger partial charge in [-0.05, 0) is 15.9 Å². The van der Waals surface area contributed by atoms with E-state index >= 15 is 0 Å². The molecule has 4 heteroatoms. The summed E-state index contributed by atoms with van der Waals surface area (Å²) in [5.74, 6) is 0. The Morgan fingerprint density at radius 3 is 3.22 bits per heavy atom. The van der Waals surface area contributed by atoms with Crippen LogP contribution in [0, 0.1) is 0 Å². The van der Waals surface area contributed by atoms with Gasteiger partial charge in [-0.25, -0.2) is 4.98 Å². The van der Waals surface area contributed by atoms with Gasteiger partial charge in [-0.2, -0.15) is 0 Å². The molecule has 0 radical (unpaired) electrons. The first kappa shape index (κ1) is 2.20. The van der Waals surface area contributed by atoms with E-state index < -0.39 is 14.0 Å². The van der Waals surface area contributed by atoms with Gasteiger partial charge in [0.2, 0.25) is 0 Å². The van der Waals surface area contributed by atoms with E-state index in [0.717, 1.165) is 11.3 Å². The smallest absolute Gasteiger partial charge is 0.185 e. The lowest BCUT2D eigenvalue weighted by molar-refractivity contribution is 1.10. The molecule has 0 saturated carbocycles. The van der Waals surface area contributed by atoms with Crippen molar-refractivity contribution in [2.45, 2.75) is 0 Å². The predicted molar refractivity (Wildman–Crippen MR) is 44.1 cm³/mol. The van der Waals surface area contributed by atoms with Gasteiger partial charge in [0, 0.05) is 22.2 Å². The van der Waals surface area contributed by atoms with E-state index in [-0.39, 0.29) is 16.2 Å². The summed E-state index contributed by atoms with van der Waals surface area (Å²) in [5, 5.41) is -0.225. The van der Waals surface area contributed by atoms with Crippen LogP contribution in [-0.2, 0) is 0 Å². The number of hydrogen-bond acceptors (Lipinski definition) is 3. The van der Waals surface area contributed by atoms with Crippen LogP contribution in [0.15, 0.2) is 9.96 Å². The standard InChI is InChI=1S/C5H7BrN2S/c1-8(2)5-7-3-4(6)9-5/h3H,1-2H3/i1D3,2D3,3D. The lowest BCUT2D eigenvalue weighted by Crippen LogP contribution is -2.07. The topological polar surface area (TPSA) is 16.1 Å². The number of anilines is 1. The van der Waals surface area contributed by atoms with Gasteiger partial charge in [0.1, 0.15) is 0 Å². The van der Waals surface area contributed by atoms with Crippen molar-refractivity contribution in [3.05, 3.63) is 9.96 Å². The van der Waals surface area contributed by atoms with Crippen LogP contribution >= 0.6 is 27.3 Å². The third kappa shape index (κ3) is 1.66. The van der Waals surface area contributed by atoms with Gasteiger partial charge in [-0.1, -0.05) is 11.3 Å². The molecule has 0 fully saturated rings. The minimum absolute atomic E-state index is 0.182. The third-order valence-corrected chi connectivity index (χ3v) is 2.00. The Balaban J connectivity index is 3.23. The molecule has 0 aliphatic heterocycles. The Hall–Kier alpha value is -0.0900. The number of rotatable bonds is 1. The Morgan fingerprint density at radius 2 is 2.78 bits per heavy atom. The predicted octanol–water partition coefficient (Wildman–Crippen LogP) is 1.97. The molecule has 50 valence electrons. The van der Waals surface area contributed by atoms with Crippen molar-refractivity contribution >= 4 is 32.4 Å². The van der Waals surface area contributed by atoms with E-state index in [0.29, 0.717) is 3.79 Å². The highest BCUT2D eigenvalue weighted by atomic mass is 79.9. The minimum Gasteiger partial charge on any atom is -0.354 e. The fourth-order valence-electron chi connectivity index (χ4n) is 0.313. The fraction of sp³-hybridized carbons (Fsp3) is 0.400. The van der Waals surface area contributed by atoms with Gasteiger partial charge in [0.25, 0.3) is 0 Å². The van der Waals surface area contributed by atoms with E-state index in [2.05, 4.69) is 20.9 Å². The van der Waals surface area contributed by atoms with Gasteiger partial charge in [0.15, 0.2) is 5.13 Å². The van der Waals surface area contributed by atoms with Crippen LogP contribution < -0.4 is 4.90 Å². The zero-order chi connectivity index (χ0) is 12.7. The fourth-order valence-corrected chi connectivity index (χ4v) is 1.27. The second-order valence-corrected chi connectivity index (χ2v) is 3.51. The normalized spacial score (nSPS) is 23.9. The molecule has 0 aromatic carbocycles. The van der Waals surface area contributed by atoms with E-state index in [1.165, 1.54) is 0 Å². The molecule has 0 amide bonds. The second-order valence-electron chi connectivity index (χ2n) is 1.22. The summed E-state index contributed by atoms with van der Waals surface area (Å²) < 4.78 is 50.5. The summed E-state index contributed by atoms with van der Waals surface area (Å²) in [7, 11) is 0. The van der Waals surface area contributed by atoms with Crippen LogP contribution in [0.1, 0.15) is 9.60 Å². The Morgan fingerprint density at radius 1 is 2.00 bits per heavy atom. The molecule has 9 heavy (non-hydrogen) atoms. The first-order valence-electron chi connectivity index (χ1n) is 5.47. The monoisotopic (exact) mass is 213 g/mol. The van der Waals surface area contributed by atoms with Gasteiger partial charge >= 0.3 is 0 Å². The molecule has 0 N–H and O–H groups in total. The van der Waals surface area contributed by atoms with E-state index in [1.54, 1.807) is 0 Å². The molecular weight excluding hydrogens is 200 g/mol. The maximum Gasteiger partial charge on any atom is 0.185 e. The summed E-state index contributed by atoms with van der Waals surface area (Å²) in [4.78, 5) is 3.85. The molecule has 0 aliphatic rings. The lowest BCUT2D eigenvalue weighted by Gasteiger charge is -2.04. The average molecular weight is 214 g/mol. The van der Waals surface area contributed by atoms with E-state index in [1.807, 2.05) is 0 Å².